The highest BCUT2D eigenvalue weighted by Gasteiger charge is 2.48. The number of rotatable bonds is 3. The minimum Gasteiger partial charge on any atom is -0.356 e. The predicted octanol–water partition coefficient (Wildman–Crippen LogP) is 2.12. The van der Waals surface area contributed by atoms with Crippen LogP contribution >= 0.6 is 24.0 Å². The molecule has 3 nitrogen and oxygen atoms in total. The van der Waals surface area contributed by atoms with Crippen molar-refractivity contribution in [1.29, 1.82) is 0 Å². The van der Waals surface area contributed by atoms with Gasteiger partial charge in [0.1, 0.15) is 0 Å². The van der Waals surface area contributed by atoms with Gasteiger partial charge in [0.2, 0.25) is 0 Å². The second-order valence-electron chi connectivity index (χ2n) is 5.35. The van der Waals surface area contributed by atoms with Crippen molar-refractivity contribution >= 4 is 29.9 Å². The van der Waals surface area contributed by atoms with Gasteiger partial charge in [-0.15, -0.1) is 24.0 Å². The van der Waals surface area contributed by atoms with Crippen molar-refractivity contribution in [3.63, 3.8) is 0 Å². The summed E-state index contributed by atoms with van der Waals surface area (Å²) in [5.74, 6) is 2.08. The molecule has 16 heavy (non-hydrogen) atoms. The summed E-state index contributed by atoms with van der Waals surface area (Å²) in [6, 6.07) is 0. The largest absolute Gasteiger partial charge is 0.356 e. The van der Waals surface area contributed by atoms with Crippen molar-refractivity contribution in [3.8, 4) is 0 Å². The molecule has 2 aliphatic carbocycles. The number of guanidine groups is 1. The first kappa shape index (κ1) is 12.5. The van der Waals surface area contributed by atoms with Crippen molar-refractivity contribution in [1.82, 2.24) is 10.6 Å². The fraction of sp³-hybridized carbons (Fsp3) is 0.917. The average molecular weight is 335 g/mol. The van der Waals surface area contributed by atoms with Crippen LogP contribution in [0.1, 0.15) is 38.5 Å². The first-order chi connectivity index (χ1) is 7.39. The number of hydrogen-bond acceptors (Lipinski definition) is 3. The van der Waals surface area contributed by atoms with Gasteiger partial charge in [-0.1, -0.05) is 6.42 Å². The zero-order valence-corrected chi connectivity index (χ0v) is 12.1. The van der Waals surface area contributed by atoms with Crippen LogP contribution in [0, 0.1) is 11.3 Å². The van der Waals surface area contributed by atoms with Crippen LogP contribution in [0.25, 0.3) is 0 Å². The molecule has 1 aliphatic heterocycles. The molecule has 0 amide bonds. The number of nitrogens with zero attached hydrogens (tertiary/aromatic N) is 1. The summed E-state index contributed by atoms with van der Waals surface area (Å²) in [6.45, 7) is 3.23. The Labute approximate surface area is 115 Å². The molecule has 0 unspecified atom stereocenters. The molecular weight excluding hydrogens is 313 g/mol. The summed E-state index contributed by atoms with van der Waals surface area (Å²) in [5, 5.41) is 6.86. The summed E-state index contributed by atoms with van der Waals surface area (Å²) >= 11 is 0. The van der Waals surface area contributed by atoms with E-state index in [0.717, 1.165) is 31.5 Å². The molecule has 0 spiro atoms. The van der Waals surface area contributed by atoms with E-state index in [1.807, 2.05) is 0 Å². The third-order valence-electron chi connectivity index (χ3n) is 4.30. The van der Waals surface area contributed by atoms with E-state index in [1.165, 1.54) is 38.5 Å². The lowest BCUT2D eigenvalue weighted by Crippen LogP contribution is -2.48. The van der Waals surface area contributed by atoms with Crippen molar-refractivity contribution in [2.75, 3.05) is 19.6 Å². The fourth-order valence-corrected chi connectivity index (χ4v) is 2.97. The Morgan fingerprint density at radius 2 is 2.12 bits per heavy atom. The van der Waals surface area contributed by atoms with E-state index in [4.69, 9.17) is 0 Å². The van der Waals surface area contributed by atoms with Gasteiger partial charge in [-0.3, -0.25) is 4.99 Å². The molecule has 0 saturated heterocycles. The van der Waals surface area contributed by atoms with Crippen molar-refractivity contribution in [2.24, 2.45) is 16.3 Å². The average Bonchev–Trinajstić information content (AvgIpc) is 3.02. The molecule has 1 heterocycles. The highest BCUT2D eigenvalue weighted by molar-refractivity contribution is 14.0. The fourth-order valence-electron chi connectivity index (χ4n) is 2.97. The summed E-state index contributed by atoms with van der Waals surface area (Å²) < 4.78 is 0. The summed E-state index contributed by atoms with van der Waals surface area (Å²) in [7, 11) is 0. The van der Waals surface area contributed by atoms with E-state index >= 15 is 0 Å². The van der Waals surface area contributed by atoms with E-state index < -0.39 is 0 Å². The van der Waals surface area contributed by atoms with Crippen LogP contribution in [0.5, 0.6) is 0 Å². The van der Waals surface area contributed by atoms with Crippen LogP contribution in [0.4, 0.5) is 0 Å². The maximum atomic E-state index is 4.47. The van der Waals surface area contributed by atoms with E-state index in [9.17, 15) is 0 Å². The first-order valence-corrected chi connectivity index (χ1v) is 6.41. The Morgan fingerprint density at radius 3 is 2.62 bits per heavy atom. The van der Waals surface area contributed by atoms with Crippen molar-refractivity contribution in [2.45, 2.75) is 38.5 Å². The van der Waals surface area contributed by atoms with Gasteiger partial charge in [-0.05, 0) is 43.4 Å². The van der Waals surface area contributed by atoms with E-state index in [-0.39, 0.29) is 24.0 Å². The summed E-state index contributed by atoms with van der Waals surface area (Å²) in [4.78, 5) is 4.47. The monoisotopic (exact) mass is 335 g/mol. The molecule has 4 heteroatoms. The Kier molecular flexibility index (Phi) is 3.97. The zero-order valence-electron chi connectivity index (χ0n) is 9.80. The predicted molar refractivity (Wildman–Crippen MR) is 77.3 cm³/mol. The van der Waals surface area contributed by atoms with Crippen LogP contribution in [-0.4, -0.2) is 25.6 Å². The smallest absolute Gasteiger partial charge is 0.191 e. The lowest BCUT2D eigenvalue weighted by molar-refractivity contribution is 0.106. The van der Waals surface area contributed by atoms with Crippen LogP contribution in [-0.2, 0) is 0 Å². The van der Waals surface area contributed by atoms with Gasteiger partial charge >= 0.3 is 0 Å². The van der Waals surface area contributed by atoms with Gasteiger partial charge in [0, 0.05) is 19.6 Å². The molecule has 2 saturated carbocycles. The topological polar surface area (TPSA) is 36.4 Å². The van der Waals surface area contributed by atoms with Crippen molar-refractivity contribution < 1.29 is 0 Å². The molecule has 92 valence electrons. The molecule has 0 aromatic heterocycles. The minimum atomic E-state index is 0. The maximum absolute atomic E-state index is 4.47. The minimum absolute atomic E-state index is 0. The first-order valence-electron chi connectivity index (χ1n) is 6.41. The van der Waals surface area contributed by atoms with E-state index in [0.29, 0.717) is 5.41 Å². The molecular formula is C12H22IN3. The number of hydrogen-bond donors (Lipinski definition) is 2. The zero-order chi connectivity index (χ0) is 10.1. The van der Waals surface area contributed by atoms with Crippen LogP contribution in [0.15, 0.2) is 4.99 Å². The van der Waals surface area contributed by atoms with E-state index in [1.54, 1.807) is 0 Å². The molecule has 2 fully saturated rings. The van der Waals surface area contributed by atoms with Crippen LogP contribution in [0.2, 0.25) is 0 Å². The van der Waals surface area contributed by atoms with Gasteiger partial charge in [0.15, 0.2) is 5.96 Å². The Bertz CT molecular complexity index is 269. The van der Waals surface area contributed by atoms with Gasteiger partial charge < -0.3 is 10.6 Å². The Hall–Kier alpha value is 0. The summed E-state index contributed by atoms with van der Waals surface area (Å²) in [5.41, 5.74) is 0.654. The highest BCUT2D eigenvalue weighted by Crippen LogP contribution is 2.56. The van der Waals surface area contributed by atoms with Gasteiger partial charge in [-0.2, -0.15) is 0 Å². The van der Waals surface area contributed by atoms with Crippen LogP contribution in [0.3, 0.4) is 0 Å². The lowest BCUT2D eigenvalue weighted by Gasteiger charge is -2.43. The SMILES string of the molecule is C1CN=C(NCC2(C3CC3)CCC2)NC1.I. The van der Waals surface area contributed by atoms with Crippen LogP contribution < -0.4 is 10.6 Å². The quantitative estimate of drug-likeness (QED) is 0.775. The second-order valence-corrected chi connectivity index (χ2v) is 5.35. The molecule has 3 aliphatic rings. The molecule has 0 aromatic rings. The van der Waals surface area contributed by atoms with Gasteiger partial charge in [-0.25, -0.2) is 0 Å². The number of nitrogens with one attached hydrogen (secondary N) is 2. The Morgan fingerprint density at radius 1 is 1.31 bits per heavy atom. The lowest BCUT2D eigenvalue weighted by atomic mass is 9.65. The molecule has 0 radical (unpaired) electrons. The highest BCUT2D eigenvalue weighted by atomic mass is 127. The standard InChI is InChI=1S/C12H21N3.HI/c1-5-12(6-1,10-3-4-10)9-15-11-13-7-2-8-14-11;/h10H,1-9H2,(H2,13,14,15);1H. The molecule has 0 aromatic carbocycles. The molecule has 0 bridgehead atoms. The number of aliphatic imine (C=N–C) groups is 1. The number of halogens is 1. The second kappa shape index (κ2) is 5.10. The summed E-state index contributed by atoms with van der Waals surface area (Å²) in [6.07, 6.45) is 8.45. The molecule has 2 N–H and O–H groups in total. The third kappa shape index (κ3) is 2.46. The van der Waals surface area contributed by atoms with Gasteiger partial charge in [0.05, 0.1) is 0 Å². The third-order valence-corrected chi connectivity index (χ3v) is 4.30. The Balaban J connectivity index is 0.000000963. The van der Waals surface area contributed by atoms with Gasteiger partial charge in [0.25, 0.3) is 0 Å². The molecule has 3 rings (SSSR count). The van der Waals surface area contributed by atoms with E-state index in [2.05, 4.69) is 15.6 Å². The molecule has 0 atom stereocenters. The van der Waals surface area contributed by atoms with Crippen molar-refractivity contribution in [3.05, 3.63) is 0 Å². The normalized spacial score (nSPS) is 26.9. The maximum Gasteiger partial charge on any atom is 0.191 e.